The van der Waals surface area contributed by atoms with Gasteiger partial charge >= 0.3 is 0 Å². The van der Waals surface area contributed by atoms with Crippen molar-refractivity contribution >= 4 is 0 Å². The molecule has 3 heteroatoms. The normalized spacial score (nSPS) is 13.0. The first-order valence-corrected chi connectivity index (χ1v) is 7.10. The zero-order valence-corrected chi connectivity index (χ0v) is 12.8. The van der Waals surface area contributed by atoms with Gasteiger partial charge in [0.05, 0.1) is 6.61 Å². The molecule has 0 amide bonds. The molecule has 1 unspecified atom stereocenters. The van der Waals surface area contributed by atoms with Crippen LogP contribution in [0, 0.1) is 5.92 Å². The molecule has 0 aliphatic rings. The van der Waals surface area contributed by atoms with Crippen molar-refractivity contribution in [2.24, 2.45) is 5.92 Å². The van der Waals surface area contributed by atoms with Gasteiger partial charge in [-0.15, -0.1) is 0 Å². The fourth-order valence-electron chi connectivity index (χ4n) is 1.91. The maximum atomic E-state index is 10.1. The first-order valence-electron chi connectivity index (χ1n) is 7.10. The number of hydrogen-bond acceptors (Lipinski definition) is 3. The van der Waals surface area contributed by atoms with Gasteiger partial charge in [0.2, 0.25) is 0 Å². The second kappa shape index (κ2) is 7.39. The van der Waals surface area contributed by atoms with Crippen molar-refractivity contribution in [3.05, 3.63) is 23.8 Å². The Morgan fingerprint density at radius 2 is 1.95 bits per heavy atom. The van der Waals surface area contributed by atoms with Crippen LogP contribution in [0.5, 0.6) is 11.5 Å². The third-order valence-corrected chi connectivity index (χ3v) is 3.61. The molecule has 1 rings (SSSR count). The molecule has 108 valence electrons. The van der Waals surface area contributed by atoms with Crippen LogP contribution in [-0.2, 0) is 6.54 Å². The number of aromatic hydroxyl groups is 1. The zero-order chi connectivity index (χ0) is 14.4. The molecule has 0 aliphatic heterocycles. The quantitative estimate of drug-likeness (QED) is 0.816. The van der Waals surface area contributed by atoms with Gasteiger partial charge in [0.15, 0.2) is 0 Å². The van der Waals surface area contributed by atoms with Gasteiger partial charge in [0.1, 0.15) is 11.5 Å². The molecular formula is C16H27NO2. The maximum absolute atomic E-state index is 10.1. The summed E-state index contributed by atoms with van der Waals surface area (Å²) in [5.41, 5.74) is 0.943. The van der Waals surface area contributed by atoms with E-state index in [-0.39, 0.29) is 0 Å². The van der Waals surface area contributed by atoms with Crippen LogP contribution in [0.3, 0.4) is 0 Å². The predicted molar refractivity (Wildman–Crippen MR) is 79.7 cm³/mol. The summed E-state index contributed by atoms with van der Waals surface area (Å²) in [4.78, 5) is 2.26. The SMILES string of the molecule is CCCOc1ccc(CN(C)C(C)C(C)C)c(O)c1. The lowest BCUT2D eigenvalue weighted by Gasteiger charge is -2.28. The molecule has 0 saturated heterocycles. The number of nitrogens with zero attached hydrogens (tertiary/aromatic N) is 1. The summed E-state index contributed by atoms with van der Waals surface area (Å²) in [6, 6.07) is 6.07. The number of phenols is 1. The average molecular weight is 265 g/mol. The lowest BCUT2D eigenvalue weighted by atomic mass is 10.0. The van der Waals surface area contributed by atoms with Gasteiger partial charge in [-0.2, -0.15) is 0 Å². The van der Waals surface area contributed by atoms with Crippen molar-refractivity contribution < 1.29 is 9.84 Å². The van der Waals surface area contributed by atoms with E-state index in [4.69, 9.17) is 4.74 Å². The number of phenolic OH excluding ortho intramolecular Hbond substituents is 1. The highest BCUT2D eigenvalue weighted by Gasteiger charge is 2.15. The van der Waals surface area contributed by atoms with Crippen molar-refractivity contribution in [1.29, 1.82) is 0 Å². The molecule has 0 radical (unpaired) electrons. The van der Waals surface area contributed by atoms with Gasteiger partial charge in [-0.1, -0.05) is 26.8 Å². The Hall–Kier alpha value is -1.22. The predicted octanol–water partition coefficient (Wildman–Crippen LogP) is 3.66. The number of hydrogen-bond donors (Lipinski definition) is 1. The van der Waals surface area contributed by atoms with Crippen LogP contribution in [0.15, 0.2) is 18.2 Å². The Labute approximate surface area is 117 Å². The second-order valence-electron chi connectivity index (χ2n) is 5.54. The third kappa shape index (κ3) is 4.75. The smallest absolute Gasteiger partial charge is 0.123 e. The van der Waals surface area contributed by atoms with Crippen LogP contribution in [0.25, 0.3) is 0 Å². The molecule has 0 bridgehead atoms. The minimum atomic E-state index is 0.316. The topological polar surface area (TPSA) is 32.7 Å². The van der Waals surface area contributed by atoms with Crippen LogP contribution < -0.4 is 4.74 Å². The molecule has 1 aromatic rings. The summed E-state index contributed by atoms with van der Waals surface area (Å²) < 4.78 is 5.51. The fraction of sp³-hybridized carbons (Fsp3) is 0.625. The van der Waals surface area contributed by atoms with Gasteiger partial charge in [-0.25, -0.2) is 0 Å². The Morgan fingerprint density at radius 3 is 2.47 bits per heavy atom. The molecule has 19 heavy (non-hydrogen) atoms. The van der Waals surface area contributed by atoms with Crippen molar-refractivity contribution in [3.8, 4) is 11.5 Å². The van der Waals surface area contributed by atoms with Gasteiger partial charge < -0.3 is 9.84 Å². The van der Waals surface area contributed by atoms with Crippen LogP contribution in [0.4, 0.5) is 0 Å². The lowest BCUT2D eigenvalue weighted by Crippen LogP contribution is -2.32. The average Bonchev–Trinajstić information content (AvgIpc) is 2.37. The molecule has 1 atom stereocenters. The summed E-state index contributed by atoms with van der Waals surface area (Å²) in [6.45, 7) is 10.1. The van der Waals surface area contributed by atoms with E-state index >= 15 is 0 Å². The van der Waals surface area contributed by atoms with Crippen molar-refractivity contribution in [2.45, 2.75) is 46.7 Å². The molecule has 1 N–H and O–H groups in total. The third-order valence-electron chi connectivity index (χ3n) is 3.61. The van der Waals surface area contributed by atoms with Gasteiger partial charge in [0, 0.05) is 24.2 Å². The van der Waals surface area contributed by atoms with Crippen LogP contribution >= 0.6 is 0 Å². The monoisotopic (exact) mass is 265 g/mol. The maximum Gasteiger partial charge on any atom is 0.123 e. The standard InChI is InChI=1S/C16H27NO2/c1-6-9-19-15-8-7-14(16(18)10-15)11-17(5)13(4)12(2)3/h7-8,10,12-13,18H,6,9,11H2,1-5H3. The van der Waals surface area contributed by atoms with E-state index in [0.29, 0.717) is 24.3 Å². The van der Waals surface area contributed by atoms with Crippen LogP contribution in [-0.4, -0.2) is 29.7 Å². The van der Waals surface area contributed by atoms with Gasteiger partial charge in [-0.05, 0) is 32.4 Å². The molecule has 0 fully saturated rings. The van der Waals surface area contributed by atoms with E-state index in [1.54, 1.807) is 6.07 Å². The molecular weight excluding hydrogens is 238 g/mol. The van der Waals surface area contributed by atoms with Gasteiger partial charge in [0.25, 0.3) is 0 Å². The lowest BCUT2D eigenvalue weighted by molar-refractivity contribution is 0.198. The van der Waals surface area contributed by atoms with E-state index in [1.807, 2.05) is 12.1 Å². The Bertz CT molecular complexity index is 390. The summed E-state index contributed by atoms with van der Waals surface area (Å²) in [5.74, 6) is 1.65. The number of ether oxygens (including phenoxy) is 1. The van der Waals surface area contributed by atoms with Crippen molar-refractivity contribution in [3.63, 3.8) is 0 Å². The molecule has 0 aromatic heterocycles. The Morgan fingerprint density at radius 1 is 1.26 bits per heavy atom. The molecule has 0 aliphatic carbocycles. The van der Waals surface area contributed by atoms with Gasteiger partial charge in [-0.3, -0.25) is 4.90 Å². The summed E-state index contributed by atoms with van der Waals surface area (Å²) >= 11 is 0. The zero-order valence-electron chi connectivity index (χ0n) is 12.8. The first-order chi connectivity index (χ1) is 8.95. The molecule has 1 aromatic carbocycles. The second-order valence-corrected chi connectivity index (χ2v) is 5.54. The Balaban J connectivity index is 2.69. The number of benzene rings is 1. The summed E-state index contributed by atoms with van der Waals surface area (Å²) in [5, 5.41) is 10.1. The highest BCUT2D eigenvalue weighted by Crippen LogP contribution is 2.25. The van der Waals surface area contributed by atoms with E-state index in [9.17, 15) is 5.11 Å². The number of rotatable bonds is 7. The molecule has 3 nitrogen and oxygen atoms in total. The molecule has 0 saturated carbocycles. The fourth-order valence-corrected chi connectivity index (χ4v) is 1.91. The molecule has 0 heterocycles. The van der Waals surface area contributed by atoms with Crippen molar-refractivity contribution in [1.82, 2.24) is 4.90 Å². The van der Waals surface area contributed by atoms with E-state index in [0.717, 1.165) is 24.3 Å². The van der Waals surface area contributed by atoms with Crippen molar-refractivity contribution in [2.75, 3.05) is 13.7 Å². The molecule has 0 spiro atoms. The summed E-state index contributed by atoms with van der Waals surface area (Å²) in [6.07, 6.45) is 0.969. The van der Waals surface area contributed by atoms with E-state index in [1.165, 1.54) is 0 Å². The van der Waals surface area contributed by atoms with Crippen LogP contribution in [0.2, 0.25) is 0 Å². The highest BCUT2D eigenvalue weighted by atomic mass is 16.5. The Kier molecular flexibility index (Phi) is 6.16. The minimum Gasteiger partial charge on any atom is -0.507 e. The highest BCUT2D eigenvalue weighted by molar-refractivity contribution is 5.39. The minimum absolute atomic E-state index is 0.316. The largest absolute Gasteiger partial charge is 0.507 e. The first kappa shape index (κ1) is 15.8. The summed E-state index contributed by atoms with van der Waals surface area (Å²) in [7, 11) is 2.09. The van der Waals surface area contributed by atoms with E-state index < -0.39 is 0 Å². The van der Waals surface area contributed by atoms with Crippen LogP contribution in [0.1, 0.15) is 39.7 Å². The van der Waals surface area contributed by atoms with E-state index in [2.05, 4.69) is 39.6 Å².